The SMILES string of the molecule is CNc1cc(C(=O)O)c(C(=O)C(C)C)s1. The van der Waals surface area contributed by atoms with Gasteiger partial charge in [-0.1, -0.05) is 13.8 Å². The number of carbonyl (C=O) groups is 2. The number of hydrogen-bond donors (Lipinski definition) is 2. The van der Waals surface area contributed by atoms with Crippen molar-refractivity contribution in [1.82, 2.24) is 0 Å². The highest BCUT2D eigenvalue weighted by Crippen LogP contribution is 2.28. The van der Waals surface area contributed by atoms with Gasteiger partial charge < -0.3 is 10.4 Å². The quantitative estimate of drug-likeness (QED) is 0.775. The minimum atomic E-state index is -1.06. The van der Waals surface area contributed by atoms with Gasteiger partial charge in [-0.25, -0.2) is 4.79 Å². The Morgan fingerprint density at radius 3 is 2.47 bits per heavy atom. The summed E-state index contributed by atoms with van der Waals surface area (Å²) in [5, 5.41) is 12.5. The summed E-state index contributed by atoms with van der Waals surface area (Å²) in [6, 6.07) is 1.49. The highest BCUT2D eigenvalue weighted by atomic mass is 32.1. The van der Waals surface area contributed by atoms with E-state index in [9.17, 15) is 9.59 Å². The highest BCUT2D eigenvalue weighted by molar-refractivity contribution is 7.18. The molecular weight excluding hydrogens is 214 g/mol. The molecule has 0 spiro atoms. The molecule has 4 nitrogen and oxygen atoms in total. The van der Waals surface area contributed by atoms with Crippen LogP contribution in [0.5, 0.6) is 0 Å². The number of rotatable bonds is 4. The van der Waals surface area contributed by atoms with E-state index in [1.807, 2.05) is 0 Å². The van der Waals surface area contributed by atoms with Crippen LogP contribution in [0.3, 0.4) is 0 Å². The topological polar surface area (TPSA) is 66.4 Å². The largest absolute Gasteiger partial charge is 0.478 e. The molecule has 0 aliphatic heterocycles. The number of anilines is 1. The number of carbonyl (C=O) groups excluding carboxylic acids is 1. The average Bonchev–Trinajstić information content (AvgIpc) is 2.60. The Balaban J connectivity index is 3.20. The van der Waals surface area contributed by atoms with Crippen molar-refractivity contribution >= 4 is 28.1 Å². The summed E-state index contributed by atoms with van der Waals surface area (Å²) in [5.74, 6) is -1.37. The van der Waals surface area contributed by atoms with E-state index in [1.54, 1.807) is 20.9 Å². The number of aromatic carboxylic acids is 1. The maximum absolute atomic E-state index is 11.7. The van der Waals surface area contributed by atoms with Crippen molar-refractivity contribution < 1.29 is 14.7 Å². The summed E-state index contributed by atoms with van der Waals surface area (Å²) in [6.07, 6.45) is 0. The number of hydrogen-bond acceptors (Lipinski definition) is 4. The molecule has 0 unspecified atom stereocenters. The van der Waals surface area contributed by atoms with E-state index >= 15 is 0 Å². The number of Topliss-reactive ketones (excluding diaryl/α,β-unsaturated/α-hetero) is 1. The molecule has 0 fully saturated rings. The zero-order valence-corrected chi connectivity index (χ0v) is 9.64. The molecule has 2 N–H and O–H groups in total. The van der Waals surface area contributed by atoms with Gasteiger partial charge in [-0.3, -0.25) is 4.79 Å². The summed E-state index contributed by atoms with van der Waals surface area (Å²) in [4.78, 5) is 22.9. The molecule has 1 aromatic heterocycles. The van der Waals surface area contributed by atoms with Crippen LogP contribution in [0.4, 0.5) is 5.00 Å². The van der Waals surface area contributed by atoms with Crippen molar-refractivity contribution in [3.05, 3.63) is 16.5 Å². The molecule has 0 atom stereocenters. The van der Waals surface area contributed by atoms with Crippen LogP contribution in [0.15, 0.2) is 6.07 Å². The first kappa shape index (κ1) is 11.7. The van der Waals surface area contributed by atoms with Crippen molar-refractivity contribution in [3.63, 3.8) is 0 Å². The van der Waals surface area contributed by atoms with Gasteiger partial charge >= 0.3 is 5.97 Å². The van der Waals surface area contributed by atoms with Gasteiger partial charge in [0.2, 0.25) is 0 Å². The molecule has 0 amide bonds. The molecule has 0 saturated carbocycles. The molecule has 0 aliphatic rings. The Labute approximate surface area is 91.9 Å². The highest BCUT2D eigenvalue weighted by Gasteiger charge is 2.22. The normalized spacial score (nSPS) is 10.4. The Morgan fingerprint density at radius 2 is 2.07 bits per heavy atom. The van der Waals surface area contributed by atoms with Gasteiger partial charge in [0.25, 0.3) is 0 Å². The van der Waals surface area contributed by atoms with Crippen LogP contribution in [-0.4, -0.2) is 23.9 Å². The number of carboxylic acids is 1. The summed E-state index contributed by atoms with van der Waals surface area (Å²) >= 11 is 1.18. The van der Waals surface area contributed by atoms with E-state index in [0.717, 1.165) is 0 Å². The molecule has 0 aliphatic carbocycles. The standard InChI is InChI=1S/C10H13NO3S/c1-5(2)8(12)9-6(10(13)14)4-7(11-3)15-9/h4-5,11H,1-3H3,(H,13,14). The van der Waals surface area contributed by atoms with Crippen LogP contribution >= 0.6 is 11.3 Å². The van der Waals surface area contributed by atoms with E-state index in [-0.39, 0.29) is 17.3 Å². The fraction of sp³-hybridized carbons (Fsp3) is 0.400. The summed E-state index contributed by atoms with van der Waals surface area (Å²) in [5.41, 5.74) is 0.0862. The Morgan fingerprint density at radius 1 is 1.47 bits per heavy atom. The molecule has 1 aromatic rings. The third-order valence-corrected chi connectivity index (χ3v) is 3.12. The average molecular weight is 227 g/mol. The number of carboxylic acid groups (broad SMARTS) is 1. The third-order valence-electron chi connectivity index (χ3n) is 1.96. The Hall–Kier alpha value is -1.36. The fourth-order valence-electron chi connectivity index (χ4n) is 1.12. The Bertz CT molecular complexity index is 395. The third kappa shape index (κ3) is 2.36. The molecule has 1 rings (SSSR count). The lowest BCUT2D eigenvalue weighted by atomic mass is 10.1. The van der Waals surface area contributed by atoms with Crippen molar-refractivity contribution in [3.8, 4) is 0 Å². The van der Waals surface area contributed by atoms with Crippen molar-refractivity contribution in [2.45, 2.75) is 13.8 Å². The van der Waals surface area contributed by atoms with Gasteiger partial charge in [-0.15, -0.1) is 11.3 Å². The zero-order valence-electron chi connectivity index (χ0n) is 8.83. The van der Waals surface area contributed by atoms with Gasteiger partial charge in [0.05, 0.1) is 15.4 Å². The molecular formula is C10H13NO3S. The predicted molar refractivity (Wildman–Crippen MR) is 60.0 cm³/mol. The lowest BCUT2D eigenvalue weighted by molar-refractivity contribution is 0.0692. The lowest BCUT2D eigenvalue weighted by Gasteiger charge is -2.01. The van der Waals surface area contributed by atoms with Gasteiger partial charge in [-0.05, 0) is 6.07 Å². The molecule has 0 saturated heterocycles. The minimum Gasteiger partial charge on any atom is -0.478 e. The maximum Gasteiger partial charge on any atom is 0.337 e. The maximum atomic E-state index is 11.7. The van der Waals surface area contributed by atoms with Gasteiger partial charge in [0.1, 0.15) is 0 Å². The van der Waals surface area contributed by atoms with Crippen LogP contribution in [0.1, 0.15) is 33.9 Å². The van der Waals surface area contributed by atoms with Crippen molar-refractivity contribution in [2.75, 3.05) is 12.4 Å². The second-order valence-corrected chi connectivity index (χ2v) is 4.48. The molecule has 82 valence electrons. The van der Waals surface area contributed by atoms with E-state index in [2.05, 4.69) is 5.32 Å². The van der Waals surface area contributed by atoms with E-state index in [4.69, 9.17) is 5.11 Å². The molecule has 1 heterocycles. The first-order valence-electron chi connectivity index (χ1n) is 4.56. The molecule has 0 aromatic carbocycles. The van der Waals surface area contributed by atoms with Crippen LogP contribution in [0.25, 0.3) is 0 Å². The monoisotopic (exact) mass is 227 g/mol. The smallest absolute Gasteiger partial charge is 0.337 e. The number of thiophene rings is 1. The van der Waals surface area contributed by atoms with Gasteiger partial charge in [-0.2, -0.15) is 0 Å². The van der Waals surface area contributed by atoms with E-state index in [0.29, 0.717) is 9.88 Å². The number of ketones is 1. The van der Waals surface area contributed by atoms with Crippen LogP contribution in [-0.2, 0) is 0 Å². The first-order valence-corrected chi connectivity index (χ1v) is 5.38. The molecule has 0 bridgehead atoms. The van der Waals surface area contributed by atoms with Crippen molar-refractivity contribution in [2.24, 2.45) is 5.92 Å². The van der Waals surface area contributed by atoms with Crippen molar-refractivity contribution in [1.29, 1.82) is 0 Å². The summed E-state index contributed by atoms with van der Waals surface area (Å²) < 4.78 is 0. The molecule has 5 heteroatoms. The predicted octanol–water partition coefficient (Wildman–Crippen LogP) is 2.33. The second kappa shape index (κ2) is 4.44. The molecule has 0 radical (unpaired) electrons. The van der Waals surface area contributed by atoms with Gasteiger partial charge in [0, 0.05) is 13.0 Å². The zero-order chi connectivity index (χ0) is 11.6. The lowest BCUT2D eigenvalue weighted by Crippen LogP contribution is -2.10. The fourth-order valence-corrected chi connectivity index (χ4v) is 2.21. The van der Waals surface area contributed by atoms with E-state index < -0.39 is 5.97 Å². The van der Waals surface area contributed by atoms with E-state index in [1.165, 1.54) is 17.4 Å². The Kier molecular flexibility index (Phi) is 3.47. The summed E-state index contributed by atoms with van der Waals surface area (Å²) in [6.45, 7) is 3.51. The number of nitrogens with one attached hydrogen (secondary N) is 1. The van der Waals surface area contributed by atoms with Crippen LogP contribution < -0.4 is 5.32 Å². The van der Waals surface area contributed by atoms with Gasteiger partial charge in [0.15, 0.2) is 5.78 Å². The summed E-state index contributed by atoms with van der Waals surface area (Å²) in [7, 11) is 1.70. The molecule has 15 heavy (non-hydrogen) atoms. The minimum absolute atomic E-state index is 0.0862. The second-order valence-electron chi connectivity index (χ2n) is 3.43. The van der Waals surface area contributed by atoms with Crippen LogP contribution in [0.2, 0.25) is 0 Å². The van der Waals surface area contributed by atoms with Crippen LogP contribution in [0, 0.1) is 5.92 Å². The first-order chi connectivity index (χ1) is 6.97.